The number of nitrogens with two attached hydrogens (primary N) is 1. The number of carbonyl (C=O) groups excluding carboxylic acids is 1. The molecule has 4 N–H and O–H groups in total. The molecule has 0 aliphatic rings. The number of aryl methyl sites for hydroxylation is 1. The van der Waals surface area contributed by atoms with Gasteiger partial charge in [0.25, 0.3) is 11.5 Å². The number of nitrogens with one attached hydrogen (secondary N) is 2. The zero-order valence-electron chi connectivity index (χ0n) is 14.4. The van der Waals surface area contributed by atoms with E-state index in [0.717, 1.165) is 12.6 Å². The van der Waals surface area contributed by atoms with Crippen LogP contribution in [0.3, 0.4) is 0 Å². The fraction of sp³-hybridized carbons (Fsp3) is 0.222. The number of nitrogens with zero attached hydrogens (tertiary/aromatic N) is 2. The first-order valence-electron chi connectivity index (χ1n) is 8.16. The van der Waals surface area contributed by atoms with E-state index >= 15 is 0 Å². The van der Waals surface area contributed by atoms with Crippen LogP contribution in [0, 0.1) is 12.7 Å². The molecule has 1 aromatic carbocycles. The fourth-order valence-electron chi connectivity index (χ4n) is 2.74. The Balaban J connectivity index is 2.26. The lowest BCUT2D eigenvalue weighted by molar-refractivity contribution is 0.0953. The number of para-hydroxylation sites is 1. The molecule has 0 saturated heterocycles. The van der Waals surface area contributed by atoms with Gasteiger partial charge in [0.05, 0.1) is 17.4 Å². The Morgan fingerprint density at radius 1 is 1.38 bits per heavy atom. The largest absolute Gasteiger partial charge is 0.397 e. The van der Waals surface area contributed by atoms with E-state index in [1.165, 1.54) is 0 Å². The molecule has 0 spiro atoms. The van der Waals surface area contributed by atoms with Crippen LogP contribution in [-0.4, -0.2) is 27.4 Å². The minimum absolute atomic E-state index is 0.0467. The van der Waals surface area contributed by atoms with Crippen molar-refractivity contribution >= 4 is 22.5 Å². The first-order valence-corrected chi connectivity index (χ1v) is 8.16. The highest BCUT2D eigenvalue weighted by molar-refractivity contribution is 6.08. The van der Waals surface area contributed by atoms with Crippen molar-refractivity contribution in [2.45, 2.75) is 20.3 Å². The molecule has 0 aliphatic heterocycles. The number of nitrogen functional groups attached to an aromatic ring is 1. The highest BCUT2D eigenvalue weighted by Gasteiger charge is 2.20. The maximum Gasteiger partial charge on any atom is 0.263 e. The number of amides is 1. The van der Waals surface area contributed by atoms with E-state index in [-0.39, 0.29) is 16.9 Å². The first kappa shape index (κ1) is 17.5. The Morgan fingerprint density at radius 3 is 2.88 bits per heavy atom. The number of benzene rings is 1. The fourth-order valence-corrected chi connectivity index (χ4v) is 2.74. The minimum Gasteiger partial charge on any atom is -0.397 e. The van der Waals surface area contributed by atoms with Crippen molar-refractivity contribution in [1.29, 1.82) is 0 Å². The van der Waals surface area contributed by atoms with Gasteiger partial charge in [-0.1, -0.05) is 25.1 Å². The topological polar surface area (TPSA) is 114 Å². The lowest BCUT2D eigenvalue weighted by Gasteiger charge is -2.12. The Hall–Kier alpha value is -3.29. The minimum atomic E-state index is -0.637. The third kappa shape index (κ3) is 3.01. The lowest BCUT2D eigenvalue weighted by Crippen LogP contribution is -2.31. The van der Waals surface area contributed by atoms with Crippen LogP contribution in [0.25, 0.3) is 22.2 Å². The molecule has 3 rings (SSSR count). The summed E-state index contributed by atoms with van der Waals surface area (Å²) in [5, 5.41) is 3.08. The molecule has 0 aliphatic carbocycles. The molecule has 0 bridgehead atoms. The van der Waals surface area contributed by atoms with Crippen molar-refractivity contribution in [2.24, 2.45) is 0 Å². The molecule has 2 aromatic heterocycles. The summed E-state index contributed by atoms with van der Waals surface area (Å²) in [5.74, 6) is -0.765. The average molecular weight is 355 g/mol. The summed E-state index contributed by atoms with van der Waals surface area (Å²) in [6.07, 6.45) is 1.80. The van der Waals surface area contributed by atoms with Crippen LogP contribution in [0.1, 0.15) is 29.5 Å². The SMILES string of the molecule is CCCNC(=O)c1c(N)c2cccc(-c3nc(C)ncc3F)c2[nH]c1=O. The van der Waals surface area contributed by atoms with Gasteiger partial charge in [0.1, 0.15) is 17.1 Å². The molecule has 0 fully saturated rings. The van der Waals surface area contributed by atoms with Gasteiger partial charge in [-0.3, -0.25) is 9.59 Å². The number of anilines is 1. The zero-order valence-corrected chi connectivity index (χ0v) is 14.4. The number of aromatic amines is 1. The summed E-state index contributed by atoms with van der Waals surface area (Å²) in [6.45, 7) is 3.97. The van der Waals surface area contributed by atoms with Crippen molar-refractivity contribution in [3.8, 4) is 11.3 Å². The number of halogens is 1. The van der Waals surface area contributed by atoms with E-state index in [0.29, 0.717) is 28.8 Å². The molecule has 0 atom stereocenters. The molecule has 26 heavy (non-hydrogen) atoms. The number of hydrogen-bond donors (Lipinski definition) is 3. The van der Waals surface area contributed by atoms with Crippen LogP contribution < -0.4 is 16.6 Å². The van der Waals surface area contributed by atoms with Gasteiger partial charge in [-0.15, -0.1) is 0 Å². The molecule has 0 saturated carbocycles. The third-order valence-electron chi connectivity index (χ3n) is 3.97. The Labute approximate surface area is 148 Å². The number of aromatic nitrogens is 3. The van der Waals surface area contributed by atoms with Gasteiger partial charge in [-0.05, 0) is 13.3 Å². The predicted molar refractivity (Wildman–Crippen MR) is 97.3 cm³/mol. The van der Waals surface area contributed by atoms with Crippen molar-refractivity contribution in [3.05, 3.63) is 52.0 Å². The van der Waals surface area contributed by atoms with Crippen LogP contribution >= 0.6 is 0 Å². The van der Waals surface area contributed by atoms with Crippen molar-refractivity contribution < 1.29 is 9.18 Å². The molecule has 0 unspecified atom stereocenters. The zero-order chi connectivity index (χ0) is 18.8. The highest BCUT2D eigenvalue weighted by Crippen LogP contribution is 2.30. The second-order valence-electron chi connectivity index (χ2n) is 5.84. The van der Waals surface area contributed by atoms with Crippen LogP contribution in [0.15, 0.2) is 29.2 Å². The number of rotatable bonds is 4. The summed E-state index contributed by atoms with van der Waals surface area (Å²) in [6, 6.07) is 4.95. The van der Waals surface area contributed by atoms with E-state index in [1.807, 2.05) is 6.92 Å². The van der Waals surface area contributed by atoms with Crippen molar-refractivity contribution in [3.63, 3.8) is 0 Å². The number of pyridine rings is 1. The Kier molecular flexibility index (Phi) is 4.66. The average Bonchev–Trinajstić information content (AvgIpc) is 2.61. The van der Waals surface area contributed by atoms with Crippen molar-refractivity contribution in [1.82, 2.24) is 20.3 Å². The van der Waals surface area contributed by atoms with Crippen molar-refractivity contribution in [2.75, 3.05) is 12.3 Å². The number of fused-ring (bicyclic) bond motifs is 1. The van der Waals surface area contributed by atoms with E-state index in [1.54, 1.807) is 25.1 Å². The molecule has 2 heterocycles. The van der Waals surface area contributed by atoms with Gasteiger partial charge >= 0.3 is 0 Å². The second-order valence-corrected chi connectivity index (χ2v) is 5.84. The Bertz CT molecular complexity index is 1060. The molecule has 8 heteroatoms. The van der Waals surface area contributed by atoms with Gasteiger partial charge in [0.2, 0.25) is 0 Å². The number of hydrogen-bond acceptors (Lipinski definition) is 5. The van der Waals surface area contributed by atoms with Gasteiger partial charge < -0.3 is 16.0 Å². The third-order valence-corrected chi connectivity index (χ3v) is 3.97. The standard InChI is InChI=1S/C18H18FN5O2/c1-3-7-21-17(25)13-14(20)10-5-4-6-11(15(10)24-18(13)26)16-12(19)8-22-9(2)23-16/h4-6,8H,3,7H2,1-2H3,(H,21,25)(H3,20,24,26). The van der Waals surface area contributed by atoms with Gasteiger partial charge in [0.15, 0.2) is 5.82 Å². The van der Waals surface area contributed by atoms with Crippen LogP contribution in [0.2, 0.25) is 0 Å². The normalized spacial score (nSPS) is 10.9. The quantitative estimate of drug-likeness (QED) is 0.663. The molecule has 3 aromatic rings. The molecule has 134 valence electrons. The number of H-pyrrole nitrogens is 1. The van der Waals surface area contributed by atoms with Gasteiger partial charge in [-0.2, -0.15) is 0 Å². The summed E-state index contributed by atoms with van der Waals surface area (Å²) in [4.78, 5) is 35.3. The monoisotopic (exact) mass is 355 g/mol. The van der Waals surface area contributed by atoms with E-state index in [9.17, 15) is 14.0 Å². The maximum atomic E-state index is 14.2. The highest BCUT2D eigenvalue weighted by atomic mass is 19.1. The molecule has 1 amide bonds. The van der Waals surface area contributed by atoms with E-state index in [2.05, 4.69) is 20.3 Å². The molecule has 7 nitrogen and oxygen atoms in total. The summed E-state index contributed by atoms with van der Waals surface area (Å²) in [5.41, 5.74) is 6.10. The number of carbonyl (C=O) groups is 1. The Morgan fingerprint density at radius 2 is 2.15 bits per heavy atom. The van der Waals surface area contributed by atoms with Crippen LogP contribution in [0.4, 0.5) is 10.1 Å². The summed E-state index contributed by atoms with van der Waals surface area (Å²) < 4.78 is 14.2. The maximum absolute atomic E-state index is 14.2. The van der Waals surface area contributed by atoms with Gasteiger partial charge in [-0.25, -0.2) is 14.4 Å². The van der Waals surface area contributed by atoms with Crippen LogP contribution in [0.5, 0.6) is 0 Å². The lowest BCUT2D eigenvalue weighted by atomic mass is 10.0. The van der Waals surface area contributed by atoms with E-state index < -0.39 is 17.3 Å². The molecule has 0 radical (unpaired) electrons. The predicted octanol–water partition coefficient (Wildman–Crippen LogP) is 2.15. The first-order chi connectivity index (χ1) is 12.4. The molecular formula is C18H18FN5O2. The summed E-state index contributed by atoms with van der Waals surface area (Å²) >= 11 is 0. The van der Waals surface area contributed by atoms with E-state index in [4.69, 9.17) is 5.73 Å². The summed E-state index contributed by atoms with van der Waals surface area (Å²) in [7, 11) is 0. The van der Waals surface area contributed by atoms with Crippen LogP contribution in [-0.2, 0) is 0 Å². The smallest absolute Gasteiger partial charge is 0.263 e. The second kappa shape index (κ2) is 6.91. The van der Waals surface area contributed by atoms with Gasteiger partial charge in [0, 0.05) is 17.5 Å². The molecular weight excluding hydrogens is 337 g/mol.